The van der Waals surface area contributed by atoms with Crippen LogP contribution in [0.5, 0.6) is 11.5 Å². The Morgan fingerprint density at radius 1 is 1.15 bits per heavy atom. The Balaban J connectivity index is 1.42. The number of nitrogens with zero attached hydrogens (tertiary/aromatic N) is 3. The van der Waals surface area contributed by atoms with Gasteiger partial charge in [0.2, 0.25) is 5.91 Å². The standard InChI is InChI=1S/C23H21N3O4S3/c1-2-25-22(28)21-17(7-11-32-21)24-23(25)33-14-20(27)26(13-16-4-3-10-31-16)15-5-6-18-19(12-15)30-9-8-29-18/h3-7,10-12H,2,8-9,13-14H2,1H3. The van der Waals surface area contributed by atoms with E-state index in [-0.39, 0.29) is 17.2 Å². The molecule has 0 spiro atoms. The second-order valence-electron chi connectivity index (χ2n) is 7.25. The predicted octanol–water partition coefficient (Wildman–Crippen LogP) is 4.64. The molecule has 1 aliphatic rings. The lowest BCUT2D eigenvalue weighted by Gasteiger charge is -2.25. The van der Waals surface area contributed by atoms with Gasteiger partial charge in [0.1, 0.15) is 17.9 Å². The number of hydrogen-bond acceptors (Lipinski definition) is 8. The summed E-state index contributed by atoms with van der Waals surface area (Å²) in [7, 11) is 0. The van der Waals surface area contributed by atoms with Crippen molar-refractivity contribution in [1.82, 2.24) is 9.55 Å². The SMILES string of the molecule is CCn1c(SCC(=O)N(Cc2cccs2)c2ccc3c(c2)OCCO3)nc2ccsc2c1=O. The number of benzene rings is 1. The summed E-state index contributed by atoms with van der Waals surface area (Å²) in [5.41, 5.74) is 1.36. The van der Waals surface area contributed by atoms with Crippen LogP contribution < -0.4 is 19.9 Å². The van der Waals surface area contributed by atoms with Crippen LogP contribution in [-0.4, -0.2) is 34.4 Å². The van der Waals surface area contributed by atoms with Crippen LogP contribution in [0.2, 0.25) is 0 Å². The molecular weight excluding hydrogens is 478 g/mol. The zero-order valence-corrected chi connectivity index (χ0v) is 20.3. The molecule has 7 nitrogen and oxygen atoms in total. The van der Waals surface area contributed by atoms with Crippen molar-refractivity contribution < 1.29 is 14.3 Å². The molecule has 1 aliphatic heterocycles. The van der Waals surface area contributed by atoms with Crippen LogP contribution in [0.25, 0.3) is 10.2 Å². The van der Waals surface area contributed by atoms with Gasteiger partial charge < -0.3 is 14.4 Å². The molecule has 0 fully saturated rings. The van der Waals surface area contributed by atoms with Crippen molar-refractivity contribution >= 4 is 56.2 Å². The van der Waals surface area contributed by atoms with E-state index in [2.05, 4.69) is 4.98 Å². The van der Waals surface area contributed by atoms with Crippen LogP contribution in [0.3, 0.4) is 0 Å². The lowest BCUT2D eigenvalue weighted by atomic mass is 10.2. The topological polar surface area (TPSA) is 73.7 Å². The molecule has 0 saturated carbocycles. The second kappa shape index (κ2) is 9.58. The van der Waals surface area contributed by atoms with Gasteiger partial charge in [-0.2, -0.15) is 0 Å². The molecule has 1 amide bonds. The monoisotopic (exact) mass is 499 g/mol. The van der Waals surface area contributed by atoms with Crippen LogP contribution >= 0.6 is 34.4 Å². The zero-order chi connectivity index (χ0) is 22.8. The van der Waals surface area contributed by atoms with Crippen molar-refractivity contribution in [2.24, 2.45) is 0 Å². The van der Waals surface area contributed by atoms with Crippen LogP contribution in [0, 0.1) is 0 Å². The van der Waals surface area contributed by atoms with E-state index in [1.54, 1.807) is 20.8 Å². The predicted molar refractivity (Wildman–Crippen MR) is 133 cm³/mol. The average molecular weight is 500 g/mol. The first-order valence-corrected chi connectivity index (χ1v) is 13.2. The molecule has 0 atom stereocenters. The molecule has 0 bridgehead atoms. The largest absolute Gasteiger partial charge is 0.486 e. The Bertz CT molecular complexity index is 1350. The first-order chi connectivity index (χ1) is 16.1. The number of aromatic nitrogens is 2. The number of rotatable bonds is 7. The smallest absolute Gasteiger partial charge is 0.272 e. The third-order valence-electron chi connectivity index (χ3n) is 5.20. The number of thioether (sulfide) groups is 1. The Hall–Kier alpha value is -2.82. The molecule has 0 N–H and O–H groups in total. The maximum Gasteiger partial charge on any atom is 0.272 e. The summed E-state index contributed by atoms with van der Waals surface area (Å²) >= 11 is 4.28. The highest BCUT2D eigenvalue weighted by Crippen LogP contribution is 2.35. The number of anilines is 1. The highest BCUT2D eigenvalue weighted by atomic mass is 32.2. The van der Waals surface area contributed by atoms with Gasteiger partial charge in [-0.3, -0.25) is 14.2 Å². The Morgan fingerprint density at radius 3 is 2.79 bits per heavy atom. The van der Waals surface area contributed by atoms with E-state index < -0.39 is 0 Å². The van der Waals surface area contributed by atoms with Gasteiger partial charge >= 0.3 is 0 Å². The summed E-state index contributed by atoms with van der Waals surface area (Å²) in [5, 5.41) is 4.42. The van der Waals surface area contributed by atoms with Crippen molar-refractivity contribution in [3.8, 4) is 11.5 Å². The van der Waals surface area contributed by atoms with Crippen molar-refractivity contribution in [2.75, 3.05) is 23.9 Å². The van der Waals surface area contributed by atoms with Crippen LogP contribution in [0.4, 0.5) is 5.69 Å². The molecule has 5 rings (SSSR count). The normalized spacial score (nSPS) is 12.8. The fourth-order valence-electron chi connectivity index (χ4n) is 3.60. The summed E-state index contributed by atoms with van der Waals surface area (Å²) in [5.74, 6) is 1.40. The average Bonchev–Trinajstić information content (AvgIpc) is 3.53. The highest BCUT2D eigenvalue weighted by molar-refractivity contribution is 7.99. The minimum Gasteiger partial charge on any atom is -0.486 e. The van der Waals surface area contributed by atoms with Crippen molar-refractivity contribution in [3.05, 3.63) is 62.4 Å². The van der Waals surface area contributed by atoms with Gasteiger partial charge in [0.25, 0.3) is 5.56 Å². The Kier molecular flexibility index (Phi) is 6.39. The third-order valence-corrected chi connectivity index (χ3v) is 7.92. The lowest BCUT2D eigenvalue weighted by Crippen LogP contribution is -2.32. The summed E-state index contributed by atoms with van der Waals surface area (Å²) in [6.45, 7) is 3.86. The Morgan fingerprint density at radius 2 is 2.00 bits per heavy atom. The zero-order valence-electron chi connectivity index (χ0n) is 17.9. The molecule has 3 aromatic heterocycles. The molecule has 170 valence electrons. The van der Waals surface area contributed by atoms with E-state index >= 15 is 0 Å². The molecule has 4 heterocycles. The van der Waals surface area contributed by atoms with Gasteiger partial charge in [0.15, 0.2) is 16.7 Å². The molecule has 10 heteroatoms. The molecular formula is C23H21N3O4S3. The number of ether oxygens (including phenoxy) is 2. The molecule has 0 radical (unpaired) electrons. The summed E-state index contributed by atoms with van der Waals surface area (Å²) < 4.78 is 13.6. The van der Waals surface area contributed by atoms with Gasteiger partial charge in [0, 0.05) is 23.2 Å². The summed E-state index contributed by atoms with van der Waals surface area (Å²) in [6.07, 6.45) is 0. The molecule has 1 aromatic carbocycles. The fraction of sp³-hybridized carbons (Fsp3) is 0.261. The summed E-state index contributed by atoms with van der Waals surface area (Å²) in [4.78, 5) is 33.7. The molecule has 0 saturated heterocycles. The highest BCUT2D eigenvalue weighted by Gasteiger charge is 2.22. The first-order valence-electron chi connectivity index (χ1n) is 10.5. The maximum atomic E-state index is 13.4. The van der Waals surface area contributed by atoms with Crippen molar-refractivity contribution in [2.45, 2.75) is 25.2 Å². The van der Waals surface area contributed by atoms with Gasteiger partial charge in [-0.1, -0.05) is 17.8 Å². The number of amides is 1. The van der Waals surface area contributed by atoms with Gasteiger partial charge in [-0.25, -0.2) is 4.98 Å². The minimum absolute atomic E-state index is 0.0604. The van der Waals surface area contributed by atoms with E-state index in [1.807, 2.05) is 54.1 Å². The van der Waals surface area contributed by atoms with Crippen LogP contribution in [0.1, 0.15) is 11.8 Å². The van der Waals surface area contributed by atoms with Gasteiger partial charge in [-0.15, -0.1) is 22.7 Å². The van der Waals surface area contributed by atoms with E-state index in [0.717, 1.165) is 10.6 Å². The maximum absolute atomic E-state index is 13.4. The van der Waals surface area contributed by atoms with E-state index in [9.17, 15) is 9.59 Å². The minimum atomic E-state index is -0.0765. The van der Waals surface area contributed by atoms with E-state index in [4.69, 9.17) is 9.47 Å². The second-order valence-corrected chi connectivity index (χ2v) is 10.1. The summed E-state index contributed by atoms with van der Waals surface area (Å²) in [6, 6.07) is 11.4. The Labute approximate surface area is 202 Å². The number of thiophene rings is 2. The van der Waals surface area contributed by atoms with Crippen molar-refractivity contribution in [3.63, 3.8) is 0 Å². The number of carbonyl (C=O) groups is 1. The van der Waals surface area contributed by atoms with Crippen LogP contribution in [0.15, 0.2) is 57.1 Å². The first kappa shape index (κ1) is 22.0. The molecule has 33 heavy (non-hydrogen) atoms. The number of fused-ring (bicyclic) bond motifs is 2. The lowest BCUT2D eigenvalue weighted by molar-refractivity contribution is -0.116. The van der Waals surface area contributed by atoms with Gasteiger partial charge in [0.05, 0.1) is 17.8 Å². The van der Waals surface area contributed by atoms with Gasteiger partial charge in [-0.05, 0) is 41.9 Å². The number of hydrogen-bond donors (Lipinski definition) is 0. The fourth-order valence-corrected chi connectivity index (χ4v) is 6.01. The number of carbonyl (C=O) groups excluding carboxylic acids is 1. The third kappa shape index (κ3) is 4.50. The van der Waals surface area contributed by atoms with Crippen LogP contribution in [-0.2, 0) is 17.9 Å². The molecule has 4 aromatic rings. The van der Waals surface area contributed by atoms with Crippen molar-refractivity contribution in [1.29, 1.82) is 0 Å². The molecule has 0 unspecified atom stereocenters. The molecule has 0 aliphatic carbocycles. The van der Waals surface area contributed by atoms with E-state index in [0.29, 0.717) is 53.2 Å². The van der Waals surface area contributed by atoms with E-state index in [1.165, 1.54) is 23.1 Å². The quantitative estimate of drug-likeness (QED) is 0.273.